The number of rotatable bonds is 24. The Labute approximate surface area is 306 Å². The first-order valence-corrected chi connectivity index (χ1v) is 18.4. The van der Waals surface area contributed by atoms with Crippen LogP contribution in [-0.2, 0) is 55.8 Å². The van der Waals surface area contributed by atoms with E-state index >= 15 is 0 Å². The molecule has 13 heteroatoms. The van der Waals surface area contributed by atoms with Crippen LogP contribution in [0, 0.1) is 0 Å². The summed E-state index contributed by atoms with van der Waals surface area (Å²) >= 11 is 0. The average Bonchev–Trinajstić information content (AvgIpc) is 3.62. The van der Waals surface area contributed by atoms with Gasteiger partial charge in [-0.05, 0) is 71.9 Å². The molecule has 2 N–H and O–H groups in total. The lowest BCUT2D eigenvalue weighted by Gasteiger charge is -2.17. The first-order chi connectivity index (χ1) is 25.3. The number of methoxy groups -OCH3 is 1. The molecule has 1 fully saturated rings. The van der Waals surface area contributed by atoms with E-state index < -0.39 is 18.0 Å². The molecule has 0 aromatic heterocycles. The zero-order chi connectivity index (χ0) is 37.1. The number of ether oxygens (including phenoxy) is 4. The molecular weight excluding hydrogens is 670 g/mol. The quantitative estimate of drug-likeness (QED) is 0.0879. The van der Waals surface area contributed by atoms with Gasteiger partial charge in [-0.1, -0.05) is 54.8 Å². The van der Waals surface area contributed by atoms with Crippen LogP contribution in [0.15, 0.2) is 36.4 Å². The topological polar surface area (TPSA) is 159 Å². The second kappa shape index (κ2) is 21.9. The van der Waals surface area contributed by atoms with Crippen LogP contribution < -0.4 is 10.6 Å². The molecule has 0 spiro atoms. The third-order valence-corrected chi connectivity index (χ3v) is 8.97. The monoisotopic (exact) mass is 723 g/mol. The van der Waals surface area contributed by atoms with Crippen LogP contribution >= 0.6 is 0 Å². The molecule has 2 aromatic rings. The molecule has 1 unspecified atom stereocenters. The van der Waals surface area contributed by atoms with Crippen molar-refractivity contribution in [2.24, 2.45) is 0 Å². The number of nitrogens with one attached hydrogen (secondary N) is 2. The maximum absolute atomic E-state index is 12.6. The van der Waals surface area contributed by atoms with E-state index in [9.17, 15) is 24.0 Å². The highest BCUT2D eigenvalue weighted by atomic mass is 16.8. The van der Waals surface area contributed by atoms with Gasteiger partial charge < -0.3 is 29.6 Å². The van der Waals surface area contributed by atoms with Gasteiger partial charge in [0.05, 0.1) is 13.2 Å². The van der Waals surface area contributed by atoms with Gasteiger partial charge in [0.25, 0.3) is 11.8 Å². The van der Waals surface area contributed by atoms with Crippen molar-refractivity contribution in [3.63, 3.8) is 0 Å². The predicted octanol–water partition coefficient (Wildman–Crippen LogP) is 4.76. The number of benzene rings is 2. The number of carbonyl (C=O) groups is 5. The highest BCUT2D eigenvalue weighted by Crippen LogP contribution is 2.46. The van der Waals surface area contributed by atoms with Crippen molar-refractivity contribution in [2.75, 3.05) is 59.8 Å². The van der Waals surface area contributed by atoms with E-state index in [0.29, 0.717) is 89.7 Å². The fourth-order valence-electron chi connectivity index (χ4n) is 6.22. The second-order valence-electron chi connectivity index (χ2n) is 13.0. The highest BCUT2D eigenvalue weighted by Gasteiger charge is 2.35. The molecule has 1 heterocycles. The number of nitrogens with zero attached hydrogens (tertiary/aromatic N) is 1. The standard InChI is InChI=1S/C39H53N3O10/c1-3-4-21-49-23-18-40-35(43)10-5-8-28-12-14-30-31-15-13-29(9-6-11-36(44)41-19-24-50-22-7-20-48-2)26-33(31)34(32(30)25-28)27-51-39(47)52-42-37(45)16-17-38(42)46/h12-15,25-26,34H,3-11,16-24,27H2,1-2H3,(H,40,43)(H,41,44). The molecule has 1 aliphatic carbocycles. The Kier molecular flexibility index (Phi) is 17.0. The molecule has 52 heavy (non-hydrogen) atoms. The van der Waals surface area contributed by atoms with Gasteiger partial charge in [-0.3, -0.25) is 24.0 Å². The SMILES string of the molecule is CCCCOCCNC(=O)CCCc1ccc2c(c1)C(COC(=O)ON1C(=O)CCC1=O)c1cc(CCCC(=O)NCCOCCCOC)ccc1-2. The number of imide groups is 1. The van der Waals surface area contributed by atoms with Crippen molar-refractivity contribution in [1.29, 1.82) is 0 Å². The lowest BCUT2D eigenvalue weighted by atomic mass is 9.94. The first-order valence-electron chi connectivity index (χ1n) is 18.4. The van der Waals surface area contributed by atoms with E-state index in [1.54, 1.807) is 7.11 Å². The maximum Gasteiger partial charge on any atom is 0.533 e. The molecule has 13 nitrogen and oxygen atoms in total. The second-order valence-corrected chi connectivity index (χ2v) is 13.0. The zero-order valence-corrected chi connectivity index (χ0v) is 30.5. The summed E-state index contributed by atoms with van der Waals surface area (Å²) in [6.07, 6.45) is 5.19. The van der Waals surface area contributed by atoms with Crippen LogP contribution in [0.1, 0.15) is 92.9 Å². The van der Waals surface area contributed by atoms with Gasteiger partial charge in [0.15, 0.2) is 0 Å². The Morgan fingerprint density at radius 1 is 0.731 bits per heavy atom. The Hall–Kier alpha value is -4.33. The molecule has 4 amide bonds. The van der Waals surface area contributed by atoms with Crippen LogP contribution in [0.3, 0.4) is 0 Å². The van der Waals surface area contributed by atoms with Gasteiger partial charge in [0.2, 0.25) is 11.8 Å². The molecule has 1 aliphatic heterocycles. The smallest absolute Gasteiger partial charge is 0.432 e. The van der Waals surface area contributed by atoms with Gasteiger partial charge in [-0.15, -0.1) is 0 Å². The molecule has 1 atom stereocenters. The van der Waals surface area contributed by atoms with E-state index in [4.69, 9.17) is 23.8 Å². The van der Waals surface area contributed by atoms with E-state index in [1.807, 2.05) is 0 Å². The van der Waals surface area contributed by atoms with E-state index in [-0.39, 0.29) is 37.2 Å². The number of aryl methyl sites for hydroxylation is 2. The fourth-order valence-corrected chi connectivity index (χ4v) is 6.22. The highest BCUT2D eigenvalue weighted by molar-refractivity contribution is 6.01. The van der Waals surface area contributed by atoms with Crippen molar-refractivity contribution in [1.82, 2.24) is 15.7 Å². The number of carbonyl (C=O) groups excluding carboxylic acids is 5. The Bertz CT molecular complexity index is 1500. The minimum absolute atomic E-state index is 0.0123. The Morgan fingerprint density at radius 3 is 1.79 bits per heavy atom. The summed E-state index contributed by atoms with van der Waals surface area (Å²) in [5.41, 5.74) is 6.07. The van der Waals surface area contributed by atoms with Gasteiger partial charge in [-0.2, -0.15) is 0 Å². The maximum atomic E-state index is 12.6. The molecule has 1 saturated heterocycles. The fraction of sp³-hybridized carbons (Fsp3) is 0.564. The number of hydrogen-bond donors (Lipinski definition) is 2. The molecular formula is C39H53N3O10. The third kappa shape index (κ3) is 12.7. The third-order valence-electron chi connectivity index (χ3n) is 8.97. The number of fused-ring (bicyclic) bond motifs is 3. The van der Waals surface area contributed by atoms with Crippen LogP contribution in [0.4, 0.5) is 4.79 Å². The summed E-state index contributed by atoms with van der Waals surface area (Å²) in [6, 6.07) is 12.4. The summed E-state index contributed by atoms with van der Waals surface area (Å²) in [6.45, 7) is 5.87. The summed E-state index contributed by atoms with van der Waals surface area (Å²) < 4.78 is 21.5. The molecule has 4 rings (SSSR count). The lowest BCUT2D eigenvalue weighted by molar-refractivity contribution is -0.177. The van der Waals surface area contributed by atoms with Gasteiger partial charge >= 0.3 is 6.16 Å². The lowest BCUT2D eigenvalue weighted by Crippen LogP contribution is -2.32. The van der Waals surface area contributed by atoms with Crippen molar-refractivity contribution < 1.29 is 47.8 Å². The molecule has 0 bridgehead atoms. The van der Waals surface area contributed by atoms with Crippen molar-refractivity contribution in [3.05, 3.63) is 58.7 Å². The van der Waals surface area contributed by atoms with Crippen LogP contribution in [0.25, 0.3) is 11.1 Å². The summed E-state index contributed by atoms with van der Waals surface area (Å²) in [4.78, 5) is 66.2. The molecule has 0 radical (unpaired) electrons. The van der Waals surface area contributed by atoms with Crippen molar-refractivity contribution in [3.8, 4) is 11.1 Å². The number of hydroxylamine groups is 2. The van der Waals surface area contributed by atoms with Crippen LogP contribution in [-0.4, -0.2) is 94.7 Å². The summed E-state index contributed by atoms with van der Waals surface area (Å²) in [5.74, 6) is -1.54. The normalized spacial score (nSPS) is 14.7. The number of hydrogen-bond acceptors (Lipinski definition) is 10. The Morgan fingerprint density at radius 2 is 1.27 bits per heavy atom. The zero-order valence-electron chi connectivity index (χ0n) is 30.5. The number of unbranched alkanes of at least 4 members (excludes halogenated alkanes) is 1. The van der Waals surface area contributed by atoms with Crippen molar-refractivity contribution >= 4 is 29.8 Å². The molecule has 284 valence electrons. The van der Waals surface area contributed by atoms with Crippen LogP contribution in [0.5, 0.6) is 0 Å². The van der Waals surface area contributed by atoms with E-state index in [0.717, 1.165) is 52.6 Å². The summed E-state index contributed by atoms with van der Waals surface area (Å²) in [5, 5.41) is 6.27. The average molecular weight is 724 g/mol. The Balaban J connectivity index is 1.35. The first kappa shape index (κ1) is 40.4. The predicted molar refractivity (Wildman–Crippen MR) is 192 cm³/mol. The number of amides is 4. The largest absolute Gasteiger partial charge is 0.533 e. The minimum Gasteiger partial charge on any atom is -0.432 e. The molecule has 0 saturated carbocycles. The van der Waals surface area contributed by atoms with E-state index in [2.05, 4.69) is 54.0 Å². The van der Waals surface area contributed by atoms with Crippen molar-refractivity contribution in [2.45, 2.75) is 83.5 Å². The summed E-state index contributed by atoms with van der Waals surface area (Å²) in [7, 11) is 1.65. The van der Waals surface area contributed by atoms with E-state index in [1.165, 1.54) is 0 Å². The van der Waals surface area contributed by atoms with Gasteiger partial charge in [0, 0.05) is 71.6 Å². The molecule has 2 aliphatic rings. The minimum atomic E-state index is -1.13. The van der Waals surface area contributed by atoms with Gasteiger partial charge in [-0.25, -0.2) is 4.79 Å². The van der Waals surface area contributed by atoms with Gasteiger partial charge in [0.1, 0.15) is 6.61 Å². The van der Waals surface area contributed by atoms with Crippen LogP contribution in [0.2, 0.25) is 0 Å². The molecule has 2 aromatic carbocycles.